The molecule has 0 radical (unpaired) electrons. The summed E-state index contributed by atoms with van der Waals surface area (Å²) in [5.74, 6) is 0.679. The second kappa shape index (κ2) is 7.42. The molecule has 0 aliphatic heterocycles. The Morgan fingerprint density at radius 1 is 1.36 bits per heavy atom. The molecule has 1 heterocycles. The lowest BCUT2D eigenvalue weighted by Gasteiger charge is -2.29. The number of carbonyl (C=O) groups is 2. The summed E-state index contributed by atoms with van der Waals surface area (Å²) in [5.41, 5.74) is 0.264. The molecule has 1 aliphatic carbocycles. The third kappa shape index (κ3) is 3.87. The van der Waals surface area contributed by atoms with Crippen LogP contribution in [-0.2, 0) is 11.3 Å². The SMILES string of the molecule is CCNC(=O)c1cc(CN(C(=O)C2CC2)C(CC)CC)on1. The number of hydrogen-bond acceptors (Lipinski definition) is 4. The summed E-state index contributed by atoms with van der Waals surface area (Å²) >= 11 is 0. The van der Waals surface area contributed by atoms with Gasteiger partial charge in [0.1, 0.15) is 0 Å². The fourth-order valence-corrected chi connectivity index (χ4v) is 2.59. The van der Waals surface area contributed by atoms with E-state index in [4.69, 9.17) is 4.52 Å². The molecule has 1 fully saturated rings. The molecule has 1 N–H and O–H groups in total. The van der Waals surface area contributed by atoms with Crippen molar-refractivity contribution in [2.24, 2.45) is 5.92 Å². The van der Waals surface area contributed by atoms with Crippen LogP contribution in [0.15, 0.2) is 10.6 Å². The zero-order valence-electron chi connectivity index (χ0n) is 13.6. The first-order valence-electron chi connectivity index (χ1n) is 8.14. The van der Waals surface area contributed by atoms with Crippen LogP contribution in [0.1, 0.15) is 62.7 Å². The van der Waals surface area contributed by atoms with E-state index in [1.807, 2.05) is 11.8 Å². The largest absolute Gasteiger partial charge is 0.359 e. The normalized spacial score (nSPS) is 14.2. The number of nitrogens with zero attached hydrogens (tertiary/aromatic N) is 2. The van der Waals surface area contributed by atoms with Crippen molar-refractivity contribution in [3.8, 4) is 0 Å². The molecule has 1 aromatic rings. The zero-order chi connectivity index (χ0) is 16.1. The highest BCUT2D eigenvalue weighted by atomic mass is 16.5. The molecule has 0 bridgehead atoms. The number of hydrogen-bond donors (Lipinski definition) is 1. The molecule has 2 amide bonds. The monoisotopic (exact) mass is 307 g/mol. The lowest BCUT2D eigenvalue weighted by molar-refractivity contribution is -0.136. The highest BCUT2D eigenvalue weighted by Crippen LogP contribution is 2.33. The maximum atomic E-state index is 12.5. The Balaban J connectivity index is 2.09. The van der Waals surface area contributed by atoms with Gasteiger partial charge in [-0.1, -0.05) is 19.0 Å². The summed E-state index contributed by atoms with van der Waals surface area (Å²) in [6.07, 6.45) is 3.78. The van der Waals surface area contributed by atoms with Crippen LogP contribution in [0, 0.1) is 5.92 Å². The van der Waals surface area contributed by atoms with Crippen LogP contribution in [0.5, 0.6) is 0 Å². The number of aromatic nitrogens is 1. The molecule has 0 aromatic carbocycles. The molecule has 122 valence electrons. The number of nitrogens with one attached hydrogen (secondary N) is 1. The third-order valence-corrected chi connectivity index (χ3v) is 4.05. The van der Waals surface area contributed by atoms with Gasteiger partial charge in [0, 0.05) is 24.6 Å². The minimum Gasteiger partial charge on any atom is -0.359 e. The predicted molar refractivity (Wildman–Crippen MR) is 82.2 cm³/mol. The van der Waals surface area contributed by atoms with Gasteiger partial charge in [-0.15, -0.1) is 0 Å². The molecule has 0 unspecified atom stereocenters. The van der Waals surface area contributed by atoms with E-state index in [2.05, 4.69) is 24.3 Å². The van der Waals surface area contributed by atoms with E-state index in [1.165, 1.54) is 0 Å². The first-order valence-corrected chi connectivity index (χ1v) is 8.14. The summed E-state index contributed by atoms with van der Waals surface area (Å²) < 4.78 is 5.25. The maximum Gasteiger partial charge on any atom is 0.273 e. The van der Waals surface area contributed by atoms with Gasteiger partial charge >= 0.3 is 0 Å². The first kappa shape index (κ1) is 16.5. The van der Waals surface area contributed by atoms with Crippen molar-refractivity contribution in [3.05, 3.63) is 17.5 Å². The van der Waals surface area contributed by atoms with Gasteiger partial charge in [0.05, 0.1) is 6.54 Å². The Morgan fingerprint density at radius 3 is 2.59 bits per heavy atom. The molecule has 1 aromatic heterocycles. The van der Waals surface area contributed by atoms with Gasteiger partial charge in [-0.2, -0.15) is 0 Å². The smallest absolute Gasteiger partial charge is 0.273 e. The van der Waals surface area contributed by atoms with Gasteiger partial charge in [-0.3, -0.25) is 9.59 Å². The highest BCUT2D eigenvalue weighted by molar-refractivity contribution is 5.92. The summed E-state index contributed by atoms with van der Waals surface area (Å²) in [5, 5.41) is 6.48. The Bertz CT molecular complexity index is 518. The van der Waals surface area contributed by atoms with Crippen LogP contribution >= 0.6 is 0 Å². The fraction of sp³-hybridized carbons (Fsp3) is 0.688. The maximum absolute atomic E-state index is 12.5. The van der Waals surface area contributed by atoms with E-state index >= 15 is 0 Å². The number of rotatable bonds is 8. The Hall–Kier alpha value is -1.85. The van der Waals surface area contributed by atoms with Crippen molar-refractivity contribution in [1.29, 1.82) is 0 Å². The molecule has 0 saturated heterocycles. The summed E-state index contributed by atoms with van der Waals surface area (Å²) in [6, 6.07) is 1.83. The van der Waals surface area contributed by atoms with Gasteiger partial charge in [0.15, 0.2) is 11.5 Å². The molecule has 0 spiro atoms. The minimum atomic E-state index is -0.250. The van der Waals surface area contributed by atoms with E-state index in [1.54, 1.807) is 6.07 Å². The van der Waals surface area contributed by atoms with Crippen LogP contribution in [0.4, 0.5) is 0 Å². The molecule has 1 aliphatic rings. The molecule has 0 atom stereocenters. The van der Waals surface area contributed by atoms with E-state index in [0.717, 1.165) is 25.7 Å². The van der Waals surface area contributed by atoms with Gasteiger partial charge < -0.3 is 14.7 Å². The number of carbonyl (C=O) groups excluding carboxylic acids is 2. The molecular formula is C16H25N3O3. The molecule has 6 heteroatoms. The first-order chi connectivity index (χ1) is 10.6. The van der Waals surface area contributed by atoms with Gasteiger partial charge in [0.2, 0.25) is 5.91 Å². The molecule has 22 heavy (non-hydrogen) atoms. The second-order valence-electron chi connectivity index (χ2n) is 5.75. The van der Waals surface area contributed by atoms with E-state index in [0.29, 0.717) is 18.8 Å². The van der Waals surface area contributed by atoms with Crippen molar-refractivity contribution in [3.63, 3.8) is 0 Å². The lowest BCUT2D eigenvalue weighted by Crippen LogP contribution is -2.40. The second-order valence-corrected chi connectivity index (χ2v) is 5.75. The molecular weight excluding hydrogens is 282 g/mol. The number of amides is 2. The summed E-state index contributed by atoms with van der Waals surface area (Å²) in [4.78, 5) is 26.1. The summed E-state index contributed by atoms with van der Waals surface area (Å²) in [7, 11) is 0. The fourth-order valence-electron chi connectivity index (χ4n) is 2.59. The predicted octanol–water partition coefficient (Wildman–Crippen LogP) is 2.35. The Labute approximate surface area is 131 Å². The minimum absolute atomic E-state index is 0.173. The van der Waals surface area contributed by atoms with Crippen LogP contribution in [0.3, 0.4) is 0 Å². The van der Waals surface area contributed by atoms with Crippen molar-refractivity contribution < 1.29 is 14.1 Å². The van der Waals surface area contributed by atoms with E-state index < -0.39 is 0 Å². The topological polar surface area (TPSA) is 75.4 Å². The van der Waals surface area contributed by atoms with E-state index in [-0.39, 0.29) is 29.5 Å². The Kier molecular flexibility index (Phi) is 5.57. The molecule has 1 saturated carbocycles. The zero-order valence-corrected chi connectivity index (χ0v) is 13.6. The third-order valence-electron chi connectivity index (χ3n) is 4.05. The van der Waals surface area contributed by atoms with Gasteiger partial charge in [0.25, 0.3) is 5.91 Å². The van der Waals surface area contributed by atoms with Crippen LogP contribution in [0.2, 0.25) is 0 Å². The lowest BCUT2D eigenvalue weighted by atomic mass is 10.1. The average Bonchev–Trinajstić information content (AvgIpc) is 3.26. The van der Waals surface area contributed by atoms with Crippen molar-refractivity contribution in [1.82, 2.24) is 15.4 Å². The van der Waals surface area contributed by atoms with Gasteiger partial charge in [-0.25, -0.2) is 0 Å². The van der Waals surface area contributed by atoms with Gasteiger partial charge in [-0.05, 0) is 32.6 Å². The van der Waals surface area contributed by atoms with E-state index in [9.17, 15) is 9.59 Å². The quantitative estimate of drug-likeness (QED) is 0.800. The summed E-state index contributed by atoms with van der Waals surface area (Å²) in [6.45, 7) is 6.95. The standard InChI is InChI=1S/C16H25N3O3/c1-4-12(5-2)19(16(21)11-7-8-11)10-13-9-14(18-22-13)15(20)17-6-3/h9,11-12H,4-8,10H2,1-3H3,(H,17,20). The highest BCUT2D eigenvalue weighted by Gasteiger charge is 2.36. The van der Waals surface area contributed by atoms with Crippen LogP contribution < -0.4 is 5.32 Å². The average molecular weight is 307 g/mol. The van der Waals surface area contributed by atoms with Crippen molar-refractivity contribution in [2.45, 2.75) is 59.0 Å². The van der Waals surface area contributed by atoms with Crippen molar-refractivity contribution in [2.75, 3.05) is 6.54 Å². The molecule has 6 nitrogen and oxygen atoms in total. The van der Waals surface area contributed by atoms with Crippen LogP contribution in [-0.4, -0.2) is 34.5 Å². The Morgan fingerprint density at radius 2 is 2.05 bits per heavy atom. The van der Waals surface area contributed by atoms with Crippen LogP contribution in [0.25, 0.3) is 0 Å². The van der Waals surface area contributed by atoms with Crippen molar-refractivity contribution >= 4 is 11.8 Å². The molecule has 2 rings (SSSR count).